The van der Waals surface area contributed by atoms with Crippen molar-refractivity contribution in [1.29, 1.82) is 0 Å². The molecule has 0 heterocycles. The molecule has 0 aromatic heterocycles. The van der Waals surface area contributed by atoms with Crippen molar-refractivity contribution < 1.29 is 4.74 Å². The molecule has 2 rings (SSSR count). The van der Waals surface area contributed by atoms with Crippen LogP contribution in [-0.2, 0) is 0 Å². The van der Waals surface area contributed by atoms with E-state index in [-0.39, 0.29) is 0 Å². The maximum absolute atomic E-state index is 5.74. The van der Waals surface area contributed by atoms with Crippen molar-refractivity contribution in [3.63, 3.8) is 0 Å². The maximum Gasteiger partial charge on any atom is 0.119 e. The van der Waals surface area contributed by atoms with Crippen LogP contribution in [0.15, 0.2) is 48.5 Å². The lowest BCUT2D eigenvalue weighted by Crippen LogP contribution is -2.24. The number of hydrogen-bond acceptors (Lipinski definition) is 2. The van der Waals surface area contributed by atoms with E-state index in [1.54, 1.807) is 0 Å². The van der Waals surface area contributed by atoms with Crippen LogP contribution >= 0.6 is 0 Å². The molecule has 0 amide bonds. The minimum Gasteiger partial charge on any atom is -0.492 e. The topological polar surface area (TPSA) is 21.3 Å². The Labute approximate surface area is 121 Å². The molecule has 2 aromatic rings. The van der Waals surface area contributed by atoms with E-state index >= 15 is 0 Å². The molecule has 2 heteroatoms. The quantitative estimate of drug-likeness (QED) is 0.799. The van der Waals surface area contributed by atoms with Crippen LogP contribution in [-0.4, -0.2) is 13.2 Å². The zero-order chi connectivity index (χ0) is 14.4. The van der Waals surface area contributed by atoms with Crippen LogP contribution in [0.1, 0.15) is 29.7 Å². The van der Waals surface area contributed by atoms with Gasteiger partial charge in [-0.15, -0.1) is 0 Å². The Morgan fingerprint density at radius 3 is 2.60 bits per heavy atom. The van der Waals surface area contributed by atoms with Gasteiger partial charge in [-0.2, -0.15) is 0 Å². The van der Waals surface area contributed by atoms with Crippen LogP contribution in [0.4, 0.5) is 0 Å². The Kier molecular flexibility index (Phi) is 5.19. The molecule has 0 aliphatic rings. The Bertz CT molecular complexity index is 551. The van der Waals surface area contributed by atoms with E-state index in [1.807, 2.05) is 12.1 Å². The number of hydrogen-bond donors (Lipinski definition) is 1. The molecule has 0 bridgehead atoms. The SMILES string of the molecule is Cc1cccc(OCCNC(C)c2ccccc2C)c1. The number of benzene rings is 2. The highest BCUT2D eigenvalue weighted by Gasteiger charge is 2.06. The number of aryl methyl sites for hydroxylation is 2. The van der Waals surface area contributed by atoms with Crippen molar-refractivity contribution in [2.75, 3.05) is 13.2 Å². The third kappa shape index (κ3) is 4.10. The van der Waals surface area contributed by atoms with Gasteiger partial charge in [0.15, 0.2) is 0 Å². The molecule has 1 unspecified atom stereocenters. The van der Waals surface area contributed by atoms with Crippen LogP contribution < -0.4 is 10.1 Å². The van der Waals surface area contributed by atoms with E-state index < -0.39 is 0 Å². The third-order valence-electron chi connectivity index (χ3n) is 3.47. The van der Waals surface area contributed by atoms with Gasteiger partial charge in [-0.05, 0) is 49.6 Å². The lowest BCUT2D eigenvalue weighted by Gasteiger charge is -2.16. The first-order chi connectivity index (χ1) is 9.66. The number of ether oxygens (including phenoxy) is 1. The van der Waals surface area contributed by atoms with Crippen LogP contribution in [0.5, 0.6) is 5.75 Å². The fourth-order valence-corrected chi connectivity index (χ4v) is 2.33. The highest BCUT2D eigenvalue weighted by Crippen LogP contribution is 2.16. The van der Waals surface area contributed by atoms with Crippen LogP contribution in [0.2, 0.25) is 0 Å². The van der Waals surface area contributed by atoms with Gasteiger partial charge in [-0.3, -0.25) is 0 Å². The molecule has 0 aliphatic heterocycles. The average Bonchev–Trinajstić information content (AvgIpc) is 2.44. The zero-order valence-corrected chi connectivity index (χ0v) is 12.5. The molecule has 1 N–H and O–H groups in total. The molecule has 2 aromatic carbocycles. The highest BCUT2D eigenvalue weighted by molar-refractivity contribution is 5.28. The summed E-state index contributed by atoms with van der Waals surface area (Å²) in [6, 6.07) is 17.0. The monoisotopic (exact) mass is 269 g/mol. The van der Waals surface area contributed by atoms with Crippen molar-refractivity contribution in [1.82, 2.24) is 5.32 Å². The van der Waals surface area contributed by atoms with Crippen molar-refractivity contribution in [3.8, 4) is 5.75 Å². The molecule has 0 saturated carbocycles. The van der Waals surface area contributed by atoms with Gasteiger partial charge in [0.05, 0.1) is 0 Å². The molecule has 0 fully saturated rings. The Hall–Kier alpha value is -1.80. The molecule has 0 aliphatic carbocycles. The van der Waals surface area contributed by atoms with E-state index in [2.05, 4.69) is 62.5 Å². The van der Waals surface area contributed by atoms with Crippen molar-refractivity contribution >= 4 is 0 Å². The molecular weight excluding hydrogens is 246 g/mol. The molecule has 0 spiro atoms. The first kappa shape index (κ1) is 14.6. The first-order valence-electron chi connectivity index (χ1n) is 7.15. The smallest absolute Gasteiger partial charge is 0.119 e. The lowest BCUT2D eigenvalue weighted by molar-refractivity contribution is 0.307. The van der Waals surface area contributed by atoms with Crippen LogP contribution in [0.25, 0.3) is 0 Å². The molecule has 0 radical (unpaired) electrons. The fourth-order valence-electron chi connectivity index (χ4n) is 2.33. The van der Waals surface area contributed by atoms with Gasteiger partial charge in [0.1, 0.15) is 12.4 Å². The molecule has 106 valence electrons. The second-order valence-electron chi connectivity index (χ2n) is 5.20. The summed E-state index contributed by atoms with van der Waals surface area (Å²) in [6.07, 6.45) is 0. The minimum atomic E-state index is 0.345. The van der Waals surface area contributed by atoms with Gasteiger partial charge < -0.3 is 10.1 Å². The Morgan fingerprint density at radius 1 is 1.05 bits per heavy atom. The zero-order valence-electron chi connectivity index (χ0n) is 12.5. The number of nitrogens with one attached hydrogen (secondary N) is 1. The normalized spacial score (nSPS) is 12.2. The summed E-state index contributed by atoms with van der Waals surface area (Å²) in [5.41, 5.74) is 3.90. The average molecular weight is 269 g/mol. The standard InChI is InChI=1S/C18H23NO/c1-14-7-6-9-17(13-14)20-12-11-19-16(3)18-10-5-4-8-15(18)2/h4-10,13,16,19H,11-12H2,1-3H3. The molecule has 20 heavy (non-hydrogen) atoms. The summed E-state index contributed by atoms with van der Waals surface area (Å²) < 4.78 is 5.74. The second kappa shape index (κ2) is 7.11. The first-order valence-corrected chi connectivity index (χ1v) is 7.15. The molecule has 0 saturated heterocycles. The Morgan fingerprint density at radius 2 is 1.85 bits per heavy atom. The van der Waals surface area contributed by atoms with Gasteiger partial charge in [-0.25, -0.2) is 0 Å². The van der Waals surface area contributed by atoms with E-state index in [0.29, 0.717) is 12.6 Å². The van der Waals surface area contributed by atoms with Crippen molar-refractivity contribution in [2.45, 2.75) is 26.8 Å². The number of rotatable bonds is 6. The van der Waals surface area contributed by atoms with Gasteiger partial charge in [0.2, 0.25) is 0 Å². The van der Waals surface area contributed by atoms with E-state index in [9.17, 15) is 0 Å². The summed E-state index contributed by atoms with van der Waals surface area (Å²) in [6.45, 7) is 7.93. The van der Waals surface area contributed by atoms with E-state index in [0.717, 1.165) is 12.3 Å². The highest BCUT2D eigenvalue weighted by atomic mass is 16.5. The summed E-state index contributed by atoms with van der Waals surface area (Å²) in [7, 11) is 0. The molecular formula is C18H23NO. The largest absolute Gasteiger partial charge is 0.492 e. The third-order valence-corrected chi connectivity index (χ3v) is 3.47. The summed E-state index contributed by atoms with van der Waals surface area (Å²) in [5, 5.41) is 3.50. The predicted molar refractivity (Wildman–Crippen MR) is 84.3 cm³/mol. The molecule has 2 nitrogen and oxygen atoms in total. The van der Waals surface area contributed by atoms with Gasteiger partial charge in [0.25, 0.3) is 0 Å². The van der Waals surface area contributed by atoms with Gasteiger partial charge >= 0.3 is 0 Å². The Balaban J connectivity index is 1.77. The van der Waals surface area contributed by atoms with Gasteiger partial charge in [0, 0.05) is 12.6 Å². The summed E-state index contributed by atoms with van der Waals surface area (Å²) >= 11 is 0. The van der Waals surface area contributed by atoms with Gasteiger partial charge in [-0.1, -0.05) is 36.4 Å². The molecule has 1 atom stereocenters. The maximum atomic E-state index is 5.74. The van der Waals surface area contributed by atoms with Crippen LogP contribution in [0.3, 0.4) is 0 Å². The summed E-state index contributed by atoms with van der Waals surface area (Å²) in [4.78, 5) is 0. The van der Waals surface area contributed by atoms with Crippen molar-refractivity contribution in [3.05, 3.63) is 65.2 Å². The second-order valence-corrected chi connectivity index (χ2v) is 5.20. The van der Waals surface area contributed by atoms with E-state index in [4.69, 9.17) is 4.74 Å². The fraction of sp³-hybridized carbons (Fsp3) is 0.333. The van der Waals surface area contributed by atoms with E-state index in [1.165, 1.54) is 16.7 Å². The minimum absolute atomic E-state index is 0.345. The summed E-state index contributed by atoms with van der Waals surface area (Å²) in [5.74, 6) is 0.940. The lowest BCUT2D eigenvalue weighted by atomic mass is 10.0. The van der Waals surface area contributed by atoms with Crippen molar-refractivity contribution in [2.24, 2.45) is 0 Å². The van der Waals surface area contributed by atoms with Crippen LogP contribution in [0, 0.1) is 13.8 Å². The predicted octanol–water partition coefficient (Wildman–Crippen LogP) is 4.03.